The van der Waals surface area contributed by atoms with Crippen molar-refractivity contribution in [3.05, 3.63) is 70.4 Å². The standard InChI is InChI=1S/C20H19ClN4O2/c1-12-11-18(24-17-6-4-5-16(21)13(17)2)25-20(22-12)23-15-9-7-14(8-10-15)19(26)27-3/h4-11H,1-3H3,(H2,22,23,24,25). The first-order chi connectivity index (χ1) is 13.0. The zero-order valence-corrected chi connectivity index (χ0v) is 16.0. The number of nitrogens with one attached hydrogen (secondary N) is 2. The van der Waals surface area contributed by atoms with Gasteiger partial charge in [0.05, 0.1) is 12.7 Å². The van der Waals surface area contributed by atoms with E-state index in [0.717, 1.165) is 22.6 Å². The molecule has 0 radical (unpaired) electrons. The summed E-state index contributed by atoms with van der Waals surface area (Å²) in [6.45, 7) is 3.84. The maximum absolute atomic E-state index is 11.5. The van der Waals surface area contributed by atoms with E-state index in [1.807, 2.05) is 38.1 Å². The van der Waals surface area contributed by atoms with Gasteiger partial charge in [0.15, 0.2) is 0 Å². The molecule has 0 atom stereocenters. The summed E-state index contributed by atoms with van der Waals surface area (Å²) in [6.07, 6.45) is 0. The van der Waals surface area contributed by atoms with Gasteiger partial charge in [-0.25, -0.2) is 9.78 Å². The second kappa shape index (κ2) is 8.05. The van der Waals surface area contributed by atoms with Crippen LogP contribution in [0.4, 0.5) is 23.1 Å². The number of nitrogens with zero attached hydrogens (tertiary/aromatic N) is 2. The molecule has 2 aromatic carbocycles. The first-order valence-electron chi connectivity index (χ1n) is 8.29. The third-order valence-electron chi connectivity index (χ3n) is 3.95. The predicted molar refractivity (Wildman–Crippen MR) is 107 cm³/mol. The fraction of sp³-hybridized carbons (Fsp3) is 0.150. The largest absolute Gasteiger partial charge is 0.465 e. The minimum Gasteiger partial charge on any atom is -0.465 e. The Morgan fingerprint density at radius 1 is 1.04 bits per heavy atom. The van der Waals surface area contributed by atoms with Crippen molar-refractivity contribution in [3.8, 4) is 0 Å². The van der Waals surface area contributed by atoms with Crippen LogP contribution in [-0.4, -0.2) is 23.0 Å². The third-order valence-corrected chi connectivity index (χ3v) is 4.36. The maximum atomic E-state index is 11.5. The third kappa shape index (κ3) is 4.54. The summed E-state index contributed by atoms with van der Waals surface area (Å²) in [7, 11) is 1.35. The van der Waals surface area contributed by atoms with E-state index in [9.17, 15) is 4.79 Å². The van der Waals surface area contributed by atoms with Crippen LogP contribution in [0.2, 0.25) is 5.02 Å². The summed E-state index contributed by atoms with van der Waals surface area (Å²) < 4.78 is 4.70. The van der Waals surface area contributed by atoms with Crippen LogP contribution in [0.15, 0.2) is 48.5 Å². The number of anilines is 4. The van der Waals surface area contributed by atoms with Crippen LogP contribution in [0.5, 0.6) is 0 Å². The molecule has 1 aromatic heterocycles. The van der Waals surface area contributed by atoms with Gasteiger partial charge in [-0.15, -0.1) is 0 Å². The van der Waals surface area contributed by atoms with E-state index >= 15 is 0 Å². The highest BCUT2D eigenvalue weighted by Gasteiger charge is 2.08. The van der Waals surface area contributed by atoms with Gasteiger partial charge in [0.1, 0.15) is 5.82 Å². The van der Waals surface area contributed by atoms with Crippen molar-refractivity contribution in [1.29, 1.82) is 0 Å². The Hall–Kier alpha value is -3.12. The molecule has 3 rings (SSSR count). The molecule has 7 heteroatoms. The number of carbonyl (C=O) groups excluding carboxylic acids is 1. The van der Waals surface area contributed by atoms with E-state index in [-0.39, 0.29) is 5.97 Å². The first-order valence-corrected chi connectivity index (χ1v) is 8.67. The molecular weight excluding hydrogens is 364 g/mol. The lowest BCUT2D eigenvalue weighted by molar-refractivity contribution is 0.0601. The van der Waals surface area contributed by atoms with Crippen LogP contribution in [-0.2, 0) is 4.74 Å². The van der Waals surface area contributed by atoms with Crippen LogP contribution in [0.25, 0.3) is 0 Å². The lowest BCUT2D eigenvalue weighted by Gasteiger charge is -2.12. The lowest BCUT2D eigenvalue weighted by Crippen LogP contribution is -2.04. The van der Waals surface area contributed by atoms with Gasteiger partial charge in [0.2, 0.25) is 5.95 Å². The summed E-state index contributed by atoms with van der Waals surface area (Å²) in [5, 5.41) is 7.11. The van der Waals surface area contributed by atoms with E-state index < -0.39 is 0 Å². The van der Waals surface area contributed by atoms with Crippen molar-refractivity contribution < 1.29 is 9.53 Å². The topological polar surface area (TPSA) is 76.1 Å². The highest BCUT2D eigenvalue weighted by molar-refractivity contribution is 6.31. The zero-order valence-electron chi connectivity index (χ0n) is 15.2. The molecule has 0 amide bonds. The molecule has 0 saturated carbocycles. The lowest BCUT2D eigenvalue weighted by atomic mass is 10.2. The summed E-state index contributed by atoms with van der Waals surface area (Å²) in [4.78, 5) is 20.4. The average molecular weight is 383 g/mol. The van der Waals surface area contributed by atoms with Gasteiger partial charge in [0.25, 0.3) is 0 Å². The number of halogens is 1. The second-order valence-corrected chi connectivity index (χ2v) is 6.36. The van der Waals surface area contributed by atoms with Crippen molar-refractivity contribution in [1.82, 2.24) is 9.97 Å². The number of hydrogen-bond acceptors (Lipinski definition) is 6. The molecule has 27 heavy (non-hydrogen) atoms. The zero-order chi connectivity index (χ0) is 19.4. The summed E-state index contributed by atoms with van der Waals surface area (Å²) in [5.41, 5.74) is 3.88. The summed E-state index contributed by atoms with van der Waals surface area (Å²) in [5.74, 6) is 0.723. The number of aryl methyl sites for hydroxylation is 1. The molecule has 0 unspecified atom stereocenters. The normalized spacial score (nSPS) is 10.4. The molecule has 0 aliphatic carbocycles. The number of carbonyl (C=O) groups is 1. The maximum Gasteiger partial charge on any atom is 0.337 e. The fourth-order valence-corrected chi connectivity index (χ4v) is 2.68. The molecule has 0 spiro atoms. The Morgan fingerprint density at radius 3 is 2.48 bits per heavy atom. The SMILES string of the molecule is COC(=O)c1ccc(Nc2nc(C)cc(Nc3cccc(Cl)c3C)n2)cc1. The highest BCUT2D eigenvalue weighted by Crippen LogP contribution is 2.26. The molecule has 0 aliphatic heterocycles. The van der Waals surface area contributed by atoms with Crippen LogP contribution in [0, 0.1) is 13.8 Å². The van der Waals surface area contributed by atoms with Crippen molar-refractivity contribution in [2.45, 2.75) is 13.8 Å². The van der Waals surface area contributed by atoms with Crippen LogP contribution < -0.4 is 10.6 Å². The summed E-state index contributed by atoms with van der Waals surface area (Å²) >= 11 is 6.18. The molecule has 1 heterocycles. The second-order valence-electron chi connectivity index (χ2n) is 5.95. The van der Waals surface area contributed by atoms with Gasteiger partial charge in [-0.3, -0.25) is 0 Å². The molecular formula is C20H19ClN4O2. The molecule has 6 nitrogen and oxygen atoms in total. The number of esters is 1. The van der Waals surface area contributed by atoms with Gasteiger partial charge in [-0.2, -0.15) is 4.98 Å². The van der Waals surface area contributed by atoms with Crippen molar-refractivity contribution in [3.63, 3.8) is 0 Å². The van der Waals surface area contributed by atoms with Gasteiger partial charge in [-0.1, -0.05) is 17.7 Å². The monoisotopic (exact) mass is 382 g/mol. The van der Waals surface area contributed by atoms with E-state index in [1.54, 1.807) is 24.3 Å². The van der Waals surface area contributed by atoms with Crippen LogP contribution >= 0.6 is 11.6 Å². The van der Waals surface area contributed by atoms with E-state index in [4.69, 9.17) is 16.3 Å². The molecule has 3 aromatic rings. The van der Waals surface area contributed by atoms with Crippen molar-refractivity contribution in [2.24, 2.45) is 0 Å². The Kier molecular flexibility index (Phi) is 5.57. The van der Waals surface area contributed by atoms with Gasteiger partial charge in [0, 0.05) is 28.2 Å². The molecule has 0 fully saturated rings. The molecule has 0 saturated heterocycles. The van der Waals surface area contributed by atoms with Crippen molar-refractivity contribution >= 4 is 40.7 Å². The fourth-order valence-electron chi connectivity index (χ4n) is 2.51. The Balaban J connectivity index is 1.81. The molecule has 2 N–H and O–H groups in total. The smallest absolute Gasteiger partial charge is 0.337 e. The molecule has 0 aliphatic rings. The highest BCUT2D eigenvalue weighted by atomic mass is 35.5. The Labute approximate surface area is 162 Å². The number of aromatic nitrogens is 2. The van der Waals surface area contributed by atoms with E-state index in [1.165, 1.54) is 7.11 Å². The van der Waals surface area contributed by atoms with Crippen LogP contribution in [0.3, 0.4) is 0 Å². The van der Waals surface area contributed by atoms with E-state index in [2.05, 4.69) is 20.6 Å². The Morgan fingerprint density at radius 2 is 1.78 bits per heavy atom. The average Bonchev–Trinajstić information content (AvgIpc) is 2.65. The Bertz CT molecular complexity index is 974. The van der Waals surface area contributed by atoms with Gasteiger partial charge < -0.3 is 15.4 Å². The number of benzene rings is 2. The molecule has 138 valence electrons. The molecule has 0 bridgehead atoms. The first kappa shape index (κ1) is 18.7. The van der Waals surface area contributed by atoms with E-state index in [0.29, 0.717) is 22.4 Å². The van der Waals surface area contributed by atoms with Crippen LogP contribution in [0.1, 0.15) is 21.6 Å². The minimum absolute atomic E-state index is 0.378. The number of ether oxygens (including phenoxy) is 1. The number of hydrogen-bond donors (Lipinski definition) is 2. The number of methoxy groups -OCH3 is 1. The van der Waals surface area contributed by atoms with Gasteiger partial charge in [-0.05, 0) is 55.8 Å². The number of rotatable bonds is 5. The van der Waals surface area contributed by atoms with Crippen molar-refractivity contribution in [2.75, 3.05) is 17.7 Å². The summed E-state index contributed by atoms with van der Waals surface area (Å²) in [6, 6.07) is 14.4. The quantitative estimate of drug-likeness (QED) is 0.603. The predicted octanol–water partition coefficient (Wildman–Crippen LogP) is 5.02. The van der Waals surface area contributed by atoms with Gasteiger partial charge >= 0.3 is 5.97 Å². The minimum atomic E-state index is -0.378.